The average molecular weight is 450 g/mol. The second-order valence-corrected chi connectivity index (χ2v) is 8.68. The highest BCUT2D eigenvalue weighted by molar-refractivity contribution is 7.93. The second kappa shape index (κ2) is 8.82. The summed E-state index contributed by atoms with van der Waals surface area (Å²) in [6.07, 6.45) is 0.124. The normalized spacial score (nSPS) is 11.1. The van der Waals surface area contributed by atoms with Crippen LogP contribution in [0.2, 0.25) is 10.0 Å². The minimum absolute atomic E-state index is 0.0306. The number of anilines is 2. The number of carbonyl (C=O) groups excluding carboxylic acids is 1. The lowest BCUT2D eigenvalue weighted by Gasteiger charge is -2.11. The summed E-state index contributed by atoms with van der Waals surface area (Å²) in [5, 5.41) is 2.79. The highest BCUT2D eigenvalue weighted by Crippen LogP contribution is 2.30. The first-order chi connectivity index (χ1) is 13.7. The summed E-state index contributed by atoms with van der Waals surface area (Å²) >= 11 is 12.0. The molecule has 0 saturated heterocycles. The molecule has 0 radical (unpaired) electrons. The number of aromatic nitrogens is 1. The van der Waals surface area contributed by atoms with E-state index < -0.39 is 10.0 Å². The van der Waals surface area contributed by atoms with E-state index in [2.05, 4.69) is 15.0 Å². The van der Waals surface area contributed by atoms with Gasteiger partial charge in [0, 0.05) is 11.4 Å². The third kappa shape index (κ3) is 5.47. The van der Waals surface area contributed by atoms with Gasteiger partial charge in [-0.3, -0.25) is 9.52 Å². The molecule has 0 unspecified atom stereocenters. The van der Waals surface area contributed by atoms with Crippen molar-refractivity contribution in [1.29, 1.82) is 0 Å². The molecular weight excluding hydrogens is 433 g/mol. The van der Waals surface area contributed by atoms with Crippen molar-refractivity contribution < 1.29 is 13.2 Å². The number of sulfonamides is 1. The fraction of sp³-hybridized carbons (Fsp3) is 0.100. The first-order valence-corrected chi connectivity index (χ1v) is 10.8. The van der Waals surface area contributed by atoms with E-state index in [1.54, 1.807) is 36.4 Å². The van der Waals surface area contributed by atoms with E-state index in [0.717, 1.165) is 5.69 Å². The number of nitrogens with one attached hydrogen (secondary N) is 2. The Labute approximate surface area is 178 Å². The van der Waals surface area contributed by atoms with E-state index in [1.165, 1.54) is 12.1 Å². The third-order valence-electron chi connectivity index (χ3n) is 3.91. The van der Waals surface area contributed by atoms with Gasteiger partial charge in [0.1, 0.15) is 10.7 Å². The molecule has 1 heterocycles. The zero-order valence-corrected chi connectivity index (χ0v) is 17.6. The topological polar surface area (TPSA) is 88.2 Å². The summed E-state index contributed by atoms with van der Waals surface area (Å²) in [4.78, 5) is 16.2. The predicted octanol–water partition coefficient (Wildman–Crippen LogP) is 4.68. The summed E-state index contributed by atoms with van der Waals surface area (Å²) in [6.45, 7) is 1.84. The Kier molecular flexibility index (Phi) is 6.42. The van der Waals surface area contributed by atoms with Crippen LogP contribution in [-0.2, 0) is 21.2 Å². The van der Waals surface area contributed by atoms with Gasteiger partial charge in [-0.15, -0.1) is 0 Å². The molecule has 9 heteroatoms. The van der Waals surface area contributed by atoms with Gasteiger partial charge < -0.3 is 5.32 Å². The molecule has 0 aliphatic heterocycles. The van der Waals surface area contributed by atoms with E-state index in [1.807, 2.05) is 19.1 Å². The van der Waals surface area contributed by atoms with Crippen molar-refractivity contribution in [2.24, 2.45) is 0 Å². The molecule has 0 bridgehead atoms. The molecule has 1 aromatic heterocycles. The van der Waals surface area contributed by atoms with Gasteiger partial charge in [-0.05, 0) is 48.9 Å². The summed E-state index contributed by atoms with van der Waals surface area (Å²) in [6, 6.07) is 16.3. The fourth-order valence-corrected chi connectivity index (χ4v) is 4.83. The molecule has 2 N–H and O–H groups in total. The maximum atomic E-state index is 12.6. The minimum Gasteiger partial charge on any atom is -0.310 e. The van der Waals surface area contributed by atoms with E-state index >= 15 is 0 Å². The molecular formula is C20H17Cl2N3O3S. The van der Waals surface area contributed by atoms with Gasteiger partial charge in [0.05, 0.1) is 16.5 Å². The standard InChI is InChI=1S/C20H17Cl2N3O3S/c1-13-4-2-7-18(23-13)24-19(26)12-14-8-10-15(11-9-14)25-29(27,28)20-16(21)5-3-6-17(20)22/h2-11,25H,12H2,1H3,(H,23,24,26). The van der Waals surface area contributed by atoms with Crippen LogP contribution in [-0.4, -0.2) is 19.3 Å². The number of pyridine rings is 1. The Bertz CT molecular complexity index is 1130. The lowest BCUT2D eigenvalue weighted by atomic mass is 10.1. The number of amides is 1. The Balaban J connectivity index is 1.68. The summed E-state index contributed by atoms with van der Waals surface area (Å²) in [5.74, 6) is 0.260. The first-order valence-electron chi connectivity index (χ1n) is 8.54. The van der Waals surface area contributed by atoms with Crippen molar-refractivity contribution in [3.63, 3.8) is 0 Å². The Morgan fingerprint density at radius 1 is 0.966 bits per heavy atom. The third-order valence-corrected chi connectivity index (χ3v) is 6.25. The molecule has 6 nitrogen and oxygen atoms in total. The average Bonchev–Trinajstić information content (AvgIpc) is 2.62. The van der Waals surface area contributed by atoms with E-state index in [4.69, 9.17) is 23.2 Å². The number of hydrogen-bond donors (Lipinski definition) is 2. The molecule has 0 aliphatic rings. The summed E-state index contributed by atoms with van der Waals surface area (Å²) in [5.41, 5.74) is 1.84. The van der Waals surface area contributed by atoms with Gasteiger partial charge in [-0.25, -0.2) is 13.4 Å². The zero-order valence-electron chi connectivity index (χ0n) is 15.3. The highest BCUT2D eigenvalue weighted by atomic mass is 35.5. The molecule has 3 aromatic rings. The molecule has 29 heavy (non-hydrogen) atoms. The van der Waals surface area contributed by atoms with Crippen LogP contribution in [0.15, 0.2) is 65.6 Å². The molecule has 0 fully saturated rings. The van der Waals surface area contributed by atoms with E-state index in [0.29, 0.717) is 17.1 Å². The number of aryl methyl sites for hydroxylation is 1. The highest BCUT2D eigenvalue weighted by Gasteiger charge is 2.21. The summed E-state index contributed by atoms with van der Waals surface area (Å²) < 4.78 is 27.6. The molecule has 0 aliphatic carbocycles. The fourth-order valence-electron chi connectivity index (χ4n) is 2.62. The van der Waals surface area contributed by atoms with Gasteiger partial charge in [-0.1, -0.05) is 47.5 Å². The number of benzene rings is 2. The van der Waals surface area contributed by atoms with Crippen LogP contribution in [0.1, 0.15) is 11.3 Å². The Morgan fingerprint density at radius 2 is 1.59 bits per heavy atom. The van der Waals surface area contributed by atoms with Crippen LogP contribution in [0.5, 0.6) is 0 Å². The summed E-state index contributed by atoms with van der Waals surface area (Å²) in [7, 11) is -3.96. The van der Waals surface area contributed by atoms with Crippen molar-refractivity contribution >= 4 is 50.6 Å². The van der Waals surface area contributed by atoms with Gasteiger partial charge in [-0.2, -0.15) is 0 Å². The van der Waals surface area contributed by atoms with Crippen molar-refractivity contribution in [3.05, 3.63) is 82.0 Å². The van der Waals surface area contributed by atoms with Crippen molar-refractivity contribution in [2.45, 2.75) is 18.2 Å². The van der Waals surface area contributed by atoms with Crippen LogP contribution in [0.4, 0.5) is 11.5 Å². The van der Waals surface area contributed by atoms with E-state index in [-0.39, 0.29) is 27.3 Å². The van der Waals surface area contributed by atoms with Crippen molar-refractivity contribution in [2.75, 3.05) is 10.0 Å². The maximum Gasteiger partial charge on any atom is 0.264 e. The quantitative estimate of drug-likeness (QED) is 0.571. The molecule has 0 spiro atoms. The van der Waals surface area contributed by atoms with Crippen LogP contribution in [0.25, 0.3) is 0 Å². The molecule has 0 atom stereocenters. The van der Waals surface area contributed by atoms with Crippen molar-refractivity contribution in [3.8, 4) is 0 Å². The smallest absolute Gasteiger partial charge is 0.264 e. The molecule has 3 rings (SSSR count). The zero-order chi connectivity index (χ0) is 21.0. The van der Waals surface area contributed by atoms with Gasteiger partial charge >= 0.3 is 0 Å². The van der Waals surface area contributed by atoms with Gasteiger partial charge in [0.25, 0.3) is 10.0 Å². The van der Waals surface area contributed by atoms with Gasteiger partial charge in [0.15, 0.2) is 0 Å². The SMILES string of the molecule is Cc1cccc(NC(=O)Cc2ccc(NS(=O)(=O)c3c(Cl)cccc3Cl)cc2)n1. The Hall–Kier alpha value is -2.61. The number of hydrogen-bond acceptors (Lipinski definition) is 4. The first kappa shape index (κ1) is 21.1. The lowest BCUT2D eigenvalue weighted by molar-refractivity contribution is -0.115. The molecule has 1 amide bonds. The predicted molar refractivity (Wildman–Crippen MR) is 115 cm³/mol. The van der Waals surface area contributed by atoms with Crippen molar-refractivity contribution in [1.82, 2.24) is 4.98 Å². The Morgan fingerprint density at radius 3 is 2.21 bits per heavy atom. The van der Waals surface area contributed by atoms with Crippen LogP contribution in [0, 0.1) is 6.92 Å². The van der Waals surface area contributed by atoms with Gasteiger partial charge in [0.2, 0.25) is 5.91 Å². The number of rotatable bonds is 6. The largest absolute Gasteiger partial charge is 0.310 e. The number of nitrogens with zero attached hydrogens (tertiary/aromatic N) is 1. The van der Waals surface area contributed by atoms with Crippen LogP contribution >= 0.6 is 23.2 Å². The van der Waals surface area contributed by atoms with E-state index in [9.17, 15) is 13.2 Å². The number of carbonyl (C=O) groups is 1. The molecule has 2 aromatic carbocycles. The molecule has 150 valence electrons. The lowest BCUT2D eigenvalue weighted by Crippen LogP contribution is -2.16. The van der Waals surface area contributed by atoms with Crippen LogP contribution in [0.3, 0.4) is 0 Å². The number of halogens is 2. The maximum absolute atomic E-state index is 12.6. The van der Waals surface area contributed by atoms with Crippen LogP contribution < -0.4 is 10.0 Å². The second-order valence-electron chi connectivity index (χ2n) is 6.24. The molecule has 0 saturated carbocycles. The monoisotopic (exact) mass is 449 g/mol. The minimum atomic E-state index is -3.96.